The molecular weight excluding hydrogens is 228 g/mol. The lowest BCUT2D eigenvalue weighted by Gasteiger charge is -2.13. The highest BCUT2D eigenvalue weighted by atomic mass is 16.5. The SMILES string of the molecule is CCCNc1cc(NC2CCOC2)nc(CC)n1. The van der Waals surface area contributed by atoms with Gasteiger partial charge in [0.1, 0.15) is 17.5 Å². The van der Waals surface area contributed by atoms with Crippen molar-refractivity contribution < 1.29 is 4.74 Å². The number of aromatic nitrogens is 2. The predicted molar refractivity (Wildman–Crippen MR) is 73.0 cm³/mol. The molecule has 1 saturated heterocycles. The molecule has 5 nitrogen and oxygen atoms in total. The second-order valence-electron chi connectivity index (χ2n) is 4.54. The van der Waals surface area contributed by atoms with E-state index in [1.807, 2.05) is 6.07 Å². The van der Waals surface area contributed by atoms with Crippen molar-refractivity contribution in [3.63, 3.8) is 0 Å². The third-order valence-electron chi connectivity index (χ3n) is 2.93. The first-order valence-electron chi connectivity index (χ1n) is 6.78. The van der Waals surface area contributed by atoms with E-state index in [1.54, 1.807) is 0 Å². The quantitative estimate of drug-likeness (QED) is 0.809. The number of nitrogens with one attached hydrogen (secondary N) is 2. The minimum atomic E-state index is 0.378. The Hall–Kier alpha value is -1.36. The summed E-state index contributed by atoms with van der Waals surface area (Å²) >= 11 is 0. The highest BCUT2D eigenvalue weighted by Gasteiger charge is 2.16. The topological polar surface area (TPSA) is 59.1 Å². The molecule has 0 aromatic carbocycles. The Labute approximate surface area is 108 Å². The summed E-state index contributed by atoms with van der Waals surface area (Å²) in [6.45, 7) is 6.75. The third kappa shape index (κ3) is 3.57. The number of rotatable bonds is 6. The number of aryl methyl sites for hydroxylation is 1. The van der Waals surface area contributed by atoms with E-state index >= 15 is 0 Å². The fourth-order valence-corrected chi connectivity index (χ4v) is 1.93. The van der Waals surface area contributed by atoms with Gasteiger partial charge in [0.15, 0.2) is 0 Å². The molecule has 2 heterocycles. The van der Waals surface area contributed by atoms with Crippen molar-refractivity contribution in [1.29, 1.82) is 0 Å². The van der Waals surface area contributed by atoms with Crippen LogP contribution >= 0.6 is 0 Å². The van der Waals surface area contributed by atoms with Gasteiger partial charge in [-0.25, -0.2) is 9.97 Å². The van der Waals surface area contributed by atoms with E-state index in [-0.39, 0.29) is 0 Å². The Morgan fingerprint density at radius 2 is 2.17 bits per heavy atom. The fraction of sp³-hybridized carbons (Fsp3) is 0.692. The van der Waals surface area contributed by atoms with Crippen molar-refractivity contribution in [3.05, 3.63) is 11.9 Å². The maximum absolute atomic E-state index is 5.36. The van der Waals surface area contributed by atoms with E-state index < -0.39 is 0 Å². The molecule has 1 unspecified atom stereocenters. The molecular formula is C13H22N4O. The zero-order valence-electron chi connectivity index (χ0n) is 11.2. The van der Waals surface area contributed by atoms with E-state index in [4.69, 9.17) is 4.74 Å². The van der Waals surface area contributed by atoms with E-state index in [2.05, 4.69) is 34.4 Å². The normalized spacial score (nSPS) is 18.9. The van der Waals surface area contributed by atoms with Crippen LogP contribution in [-0.2, 0) is 11.2 Å². The van der Waals surface area contributed by atoms with Crippen LogP contribution in [0.15, 0.2) is 6.07 Å². The number of hydrogen-bond donors (Lipinski definition) is 2. The molecule has 100 valence electrons. The Balaban J connectivity index is 2.06. The summed E-state index contributed by atoms with van der Waals surface area (Å²) in [7, 11) is 0. The van der Waals surface area contributed by atoms with Crippen LogP contribution in [0.5, 0.6) is 0 Å². The van der Waals surface area contributed by atoms with E-state index in [1.165, 1.54) is 0 Å². The van der Waals surface area contributed by atoms with Gasteiger partial charge in [-0.2, -0.15) is 0 Å². The molecule has 1 aromatic rings. The summed E-state index contributed by atoms with van der Waals surface area (Å²) in [6, 6.07) is 2.36. The van der Waals surface area contributed by atoms with Gasteiger partial charge in [0.2, 0.25) is 0 Å². The number of hydrogen-bond acceptors (Lipinski definition) is 5. The highest BCUT2D eigenvalue weighted by molar-refractivity contribution is 5.48. The third-order valence-corrected chi connectivity index (χ3v) is 2.93. The second kappa shape index (κ2) is 6.54. The van der Waals surface area contributed by atoms with Gasteiger partial charge in [-0.05, 0) is 12.8 Å². The number of ether oxygens (including phenoxy) is 1. The molecule has 0 aliphatic carbocycles. The van der Waals surface area contributed by atoms with Crippen LogP contribution in [0.2, 0.25) is 0 Å². The standard InChI is InChI=1S/C13H22N4O/c1-3-6-14-12-8-13(17-11(4-2)16-12)15-10-5-7-18-9-10/h8,10H,3-7,9H2,1-2H3,(H2,14,15,16,17). The van der Waals surface area contributed by atoms with Crippen LogP contribution in [0.25, 0.3) is 0 Å². The lowest BCUT2D eigenvalue weighted by atomic mass is 10.2. The molecule has 5 heteroatoms. The van der Waals surface area contributed by atoms with Crippen molar-refractivity contribution in [2.24, 2.45) is 0 Å². The molecule has 18 heavy (non-hydrogen) atoms. The summed E-state index contributed by atoms with van der Waals surface area (Å²) in [6.07, 6.45) is 2.98. The summed E-state index contributed by atoms with van der Waals surface area (Å²) in [5, 5.41) is 6.73. The number of anilines is 2. The summed E-state index contributed by atoms with van der Waals surface area (Å²) in [4.78, 5) is 8.98. The van der Waals surface area contributed by atoms with Crippen molar-refractivity contribution >= 4 is 11.6 Å². The molecule has 0 amide bonds. The van der Waals surface area contributed by atoms with Gasteiger partial charge in [-0.15, -0.1) is 0 Å². The summed E-state index contributed by atoms with van der Waals surface area (Å²) in [5.41, 5.74) is 0. The smallest absolute Gasteiger partial charge is 0.132 e. The van der Waals surface area contributed by atoms with Gasteiger partial charge < -0.3 is 15.4 Å². The average molecular weight is 250 g/mol. The maximum Gasteiger partial charge on any atom is 0.132 e. The zero-order valence-corrected chi connectivity index (χ0v) is 11.2. The van der Waals surface area contributed by atoms with E-state index in [0.29, 0.717) is 6.04 Å². The fourth-order valence-electron chi connectivity index (χ4n) is 1.93. The molecule has 1 fully saturated rings. The first-order valence-corrected chi connectivity index (χ1v) is 6.78. The van der Waals surface area contributed by atoms with Crippen LogP contribution < -0.4 is 10.6 Å². The Bertz CT molecular complexity index is 377. The van der Waals surface area contributed by atoms with E-state index in [0.717, 1.165) is 56.5 Å². The van der Waals surface area contributed by atoms with Crippen molar-refractivity contribution in [1.82, 2.24) is 9.97 Å². The lowest BCUT2D eigenvalue weighted by molar-refractivity contribution is 0.195. The molecule has 0 radical (unpaired) electrons. The van der Waals surface area contributed by atoms with Gasteiger partial charge >= 0.3 is 0 Å². The van der Waals surface area contributed by atoms with Gasteiger partial charge in [0.05, 0.1) is 12.6 Å². The second-order valence-corrected chi connectivity index (χ2v) is 4.54. The van der Waals surface area contributed by atoms with Gasteiger partial charge in [-0.1, -0.05) is 13.8 Å². The molecule has 0 bridgehead atoms. The van der Waals surface area contributed by atoms with Crippen LogP contribution in [-0.4, -0.2) is 35.8 Å². The molecule has 1 atom stereocenters. The molecule has 0 spiro atoms. The zero-order chi connectivity index (χ0) is 12.8. The molecule has 1 aromatic heterocycles. The van der Waals surface area contributed by atoms with Gasteiger partial charge in [-0.3, -0.25) is 0 Å². The molecule has 2 rings (SSSR count). The Kier molecular flexibility index (Phi) is 4.75. The van der Waals surface area contributed by atoms with E-state index in [9.17, 15) is 0 Å². The predicted octanol–water partition coefficient (Wildman–Crippen LogP) is 2.06. The largest absolute Gasteiger partial charge is 0.379 e. The van der Waals surface area contributed by atoms with Crippen molar-refractivity contribution in [3.8, 4) is 0 Å². The lowest BCUT2D eigenvalue weighted by Crippen LogP contribution is -2.20. The monoisotopic (exact) mass is 250 g/mol. The number of nitrogens with zero attached hydrogens (tertiary/aromatic N) is 2. The molecule has 2 N–H and O–H groups in total. The van der Waals surface area contributed by atoms with Crippen LogP contribution in [0.3, 0.4) is 0 Å². The van der Waals surface area contributed by atoms with Gasteiger partial charge in [0, 0.05) is 25.6 Å². The maximum atomic E-state index is 5.36. The Morgan fingerprint density at radius 3 is 2.83 bits per heavy atom. The summed E-state index contributed by atoms with van der Waals surface area (Å²) < 4.78 is 5.36. The average Bonchev–Trinajstić information content (AvgIpc) is 2.89. The van der Waals surface area contributed by atoms with Crippen molar-refractivity contribution in [2.75, 3.05) is 30.4 Å². The first-order chi connectivity index (χ1) is 8.81. The first kappa shape index (κ1) is 13.1. The molecule has 0 saturated carbocycles. The highest BCUT2D eigenvalue weighted by Crippen LogP contribution is 2.15. The molecule has 1 aliphatic rings. The van der Waals surface area contributed by atoms with Crippen LogP contribution in [0.1, 0.15) is 32.5 Å². The summed E-state index contributed by atoms with van der Waals surface area (Å²) in [5.74, 6) is 2.68. The minimum Gasteiger partial charge on any atom is -0.379 e. The van der Waals surface area contributed by atoms with Crippen molar-refractivity contribution in [2.45, 2.75) is 39.2 Å². The molecule has 1 aliphatic heterocycles. The Morgan fingerprint density at radius 1 is 1.33 bits per heavy atom. The van der Waals surface area contributed by atoms with Crippen LogP contribution in [0, 0.1) is 0 Å². The van der Waals surface area contributed by atoms with Crippen LogP contribution in [0.4, 0.5) is 11.6 Å². The minimum absolute atomic E-state index is 0.378. The van der Waals surface area contributed by atoms with Gasteiger partial charge in [0.25, 0.3) is 0 Å².